The molecule has 4 rings (SSSR count). The summed E-state index contributed by atoms with van der Waals surface area (Å²) in [5.41, 5.74) is 3.36. The normalized spacial score (nSPS) is 11.3. The highest BCUT2D eigenvalue weighted by Crippen LogP contribution is 2.24. The van der Waals surface area contributed by atoms with Crippen LogP contribution in [0.3, 0.4) is 0 Å². The van der Waals surface area contributed by atoms with E-state index in [2.05, 4.69) is 15.3 Å². The number of pyridine rings is 1. The van der Waals surface area contributed by atoms with Crippen LogP contribution < -0.4 is 5.32 Å². The molecule has 2 N–H and O–H groups in total. The van der Waals surface area contributed by atoms with E-state index in [1.54, 1.807) is 23.4 Å². The molecule has 0 atom stereocenters. The van der Waals surface area contributed by atoms with E-state index >= 15 is 0 Å². The van der Waals surface area contributed by atoms with Crippen molar-refractivity contribution in [3.05, 3.63) is 100 Å². The van der Waals surface area contributed by atoms with Gasteiger partial charge in [0.25, 0.3) is 5.91 Å². The lowest BCUT2D eigenvalue weighted by Gasteiger charge is -2.27. The lowest BCUT2D eigenvalue weighted by atomic mass is 10.1. The molecule has 2 aromatic carbocycles. The number of halogens is 1. The fraction of sp³-hybridized carbons (Fsp3) is 0.250. The molecule has 8 heteroatoms. The molecule has 186 valence electrons. The first-order chi connectivity index (χ1) is 17.2. The smallest absolute Gasteiger partial charge is 0.410 e. The second-order valence-electron chi connectivity index (χ2n) is 9.60. The van der Waals surface area contributed by atoms with Gasteiger partial charge in [0.2, 0.25) is 0 Å². The molecular formula is C28H29ClN4O3. The van der Waals surface area contributed by atoms with Crippen molar-refractivity contribution in [1.29, 1.82) is 0 Å². The SMILES string of the molecule is CC(C)(C)OC(=O)N(Cc1ccccc1)Cc1cncc(C(=O)NCc2ccc3[nH]cc(Cl)c3c2)c1. The largest absolute Gasteiger partial charge is 0.444 e. The van der Waals surface area contributed by atoms with E-state index in [-0.39, 0.29) is 12.5 Å². The highest BCUT2D eigenvalue weighted by molar-refractivity contribution is 6.35. The van der Waals surface area contributed by atoms with Gasteiger partial charge in [0.15, 0.2) is 0 Å². The highest BCUT2D eigenvalue weighted by Gasteiger charge is 2.23. The van der Waals surface area contributed by atoms with Gasteiger partial charge in [0.05, 0.1) is 17.1 Å². The number of fused-ring (bicyclic) bond motifs is 1. The number of ether oxygens (including phenoxy) is 1. The molecule has 2 amide bonds. The number of aromatic nitrogens is 2. The maximum atomic E-state index is 12.9. The van der Waals surface area contributed by atoms with E-state index in [4.69, 9.17) is 16.3 Å². The van der Waals surface area contributed by atoms with Crippen molar-refractivity contribution >= 4 is 34.5 Å². The Bertz CT molecular complexity index is 1360. The summed E-state index contributed by atoms with van der Waals surface area (Å²) in [5.74, 6) is -0.253. The second kappa shape index (κ2) is 10.8. The van der Waals surface area contributed by atoms with Crippen molar-refractivity contribution in [1.82, 2.24) is 20.2 Å². The third-order valence-electron chi connectivity index (χ3n) is 5.45. The van der Waals surface area contributed by atoms with Crippen molar-refractivity contribution in [2.75, 3.05) is 0 Å². The molecule has 0 unspecified atom stereocenters. The highest BCUT2D eigenvalue weighted by atomic mass is 35.5. The first kappa shape index (κ1) is 25.3. The Labute approximate surface area is 215 Å². The molecule has 7 nitrogen and oxygen atoms in total. The van der Waals surface area contributed by atoms with Crippen molar-refractivity contribution < 1.29 is 14.3 Å². The van der Waals surface area contributed by atoms with Crippen molar-refractivity contribution in [2.45, 2.75) is 46.0 Å². The molecular weight excluding hydrogens is 476 g/mol. The third-order valence-corrected chi connectivity index (χ3v) is 5.76. The number of aromatic amines is 1. The van der Waals surface area contributed by atoms with E-state index in [0.29, 0.717) is 23.7 Å². The zero-order chi connectivity index (χ0) is 25.7. The van der Waals surface area contributed by atoms with Crippen LogP contribution in [0.25, 0.3) is 10.9 Å². The van der Waals surface area contributed by atoms with Gasteiger partial charge < -0.3 is 15.0 Å². The molecule has 0 saturated heterocycles. The summed E-state index contributed by atoms with van der Waals surface area (Å²) in [7, 11) is 0. The zero-order valence-corrected chi connectivity index (χ0v) is 21.3. The molecule has 0 saturated carbocycles. The Balaban J connectivity index is 1.46. The number of H-pyrrole nitrogens is 1. The fourth-order valence-corrected chi connectivity index (χ4v) is 3.97. The van der Waals surface area contributed by atoms with Gasteiger partial charge in [-0.25, -0.2) is 4.79 Å². The molecule has 0 aliphatic carbocycles. The first-order valence-corrected chi connectivity index (χ1v) is 12.1. The zero-order valence-electron chi connectivity index (χ0n) is 20.5. The maximum absolute atomic E-state index is 12.9. The minimum Gasteiger partial charge on any atom is -0.444 e. The molecule has 2 heterocycles. The van der Waals surface area contributed by atoms with E-state index < -0.39 is 11.7 Å². The lowest BCUT2D eigenvalue weighted by molar-refractivity contribution is 0.0216. The summed E-state index contributed by atoms with van der Waals surface area (Å²) in [6.07, 6.45) is 4.48. The maximum Gasteiger partial charge on any atom is 0.410 e. The molecule has 0 aliphatic rings. The standard InChI is InChI=1S/C28H29ClN4O3/c1-28(2,3)36-27(35)33(17-19-7-5-4-6-8-19)18-21-11-22(15-30-13-21)26(34)32-14-20-9-10-25-23(12-20)24(29)16-31-25/h4-13,15-16,31H,14,17-18H2,1-3H3,(H,32,34). The van der Waals surface area contributed by atoms with E-state index in [1.807, 2.05) is 69.3 Å². The molecule has 0 fully saturated rings. The number of carbonyl (C=O) groups excluding carboxylic acids is 2. The second-order valence-corrected chi connectivity index (χ2v) is 10.0. The number of amides is 2. The van der Waals surface area contributed by atoms with Crippen LogP contribution in [0, 0.1) is 0 Å². The van der Waals surface area contributed by atoms with Gasteiger partial charge >= 0.3 is 6.09 Å². The van der Waals surface area contributed by atoms with Gasteiger partial charge in [-0.2, -0.15) is 0 Å². The number of carbonyl (C=O) groups is 2. The topological polar surface area (TPSA) is 87.3 Å². The molecule has 0 spiro atoms. The van der Waals surface area contributed by atoms with Crippen LogP contribution in [-0.2, 0) is 24.4 Å². The predicted molar refractivity (Wildman–Crippen MR) is 141 cm³/mol. The minimum absolute atomic E-state index is 0.251. The van der Waals surface area contributed by atoms with Crippen molar-refractivity contribution in [2.24, 2.45) is 0 Å². The van der Waals surface area contributed by atoms with E-state index in [1.165, 1.54) is 6.20 Å². The van der Waals surface area contributed by atoms with Gasteiger partial charge in [0.1, 0.15) is 5.60 Å². The van der Waals surface area contributed by atoms with Crippen LogP contribution in [-0.4, -0.2) is 32.5 Å². The van der Waals surface area contributed by atoms with Crippen LogP contribution in [0.4, 0.5) is 4.79 Å². The van der Waals surface area contributed by atoms with Crippen molar-refractivity contribution in [3.63, 3.8) is 0 Å². The summed E-state index contributed by atoms with van der Waals surface area (Å²) in [5, 5.41) is 4.48. The number of nitrogens with zero attached hydrogens (tertiary/aromatic N) is 2. The quantitative estimate of drug-likeness (QED) is 0.319. The van der Waals surface area contributed by atoms with Gasteiger partial charge in [-0.05, 0) is 55.7 Å². The number of hydrogen-bond donors (Lipinski definition) is 2. The summed E-state index contributed by atoms with van der Waals surface area (Å²) < 4.78 is 5.62. The molecule has 0 radical (unpaired) electrons. The fourth-order valence-electron chi connectivity index (χ4n) is 3.76. The van der Waals surface area contributed by atoms with Gasteiger partial charge in [-0.1, -0.05) is 48.0 Å². The summed E-state index contributed by atoms with van der Waals surface area (Å²) in [4.78, 5) is 34.7. The molecule has 36 heavy (non-hydrogen) atoms. The molecule has 2 aromatic heterocycles. The number of hydrogen-bond acceptors (Lipinski definition) is 4. The van der Waals surface area contributed by atoms with E-state index in [0.717, 1.165) is 27.6 Å². The van der Waals surface area contributed by atoms with Crippen molar-refractivity contribution in [3.8, 4) is 0 Å². The van der Waals surface area contributed by atoms with E-state index in [9.17, 15) is 9.59 Å². The molecule has 0 aliphatic heterocycles. The van der Waals surface area contributed by atoms with Crippen LogP contribution in [0.2, 0.25) is 5.02 Å². The Hall–Kier alpha value is -3.84. The third kappa shape index (κ3) is 6.64. The number of nitrogens with one attached hydrogen (secondary N) is 2. The van der Waals surface area contributed by atoms with Crippen LogP contribution in [0.1, 0.15) is 47.8 Å². The summed E-state index contributed by atoms with van der Waals surface area (Å²) >= 11 is 6.21. The Kier molecular flexibility index (Phi) is 7.60. The molecule has 0 bridgehead atoms. The van der Waals surface area contributed by atoms with Crippen LogP contribution >= 0.6 is 11.6 Å². The Morgan fingerprint density at radius 2 is 1.75 bits per heavy atom. The monoisotopic (exact) mass is 504 g/mol. The Morgan fingerprint density at radius 1 is 1.00 bits per heavy atom. The minimum atomic E-state index is -0.625. The summed E-state index contributed by atoms with van der Waals surface area (Å²) in [6, 6.07) is 17.3. The predicted octanol–water partition coefficient (Wildman–Crippen LogP) is 6.08. The average Bonchev–Trinajstić information content (AvgIpc) is 3.22. The Morgan fingerprint density at radius 3 is 2.50 bits per heavy atom. The first-order valence-electron chi connectivity index (χ1n) is 11.7. The van der Waals surface area contributed by atoms with Gasteiger partial charge in [-0.15, -0.1) is 0 Å². The van der Waals surface area contributed by atoms with Gasteiger partial charge in [-0.3, -0.25) is 14.7 Å². The van der Waals surface area contributed by atoms with Crippen LogP contribution in [0.5, 0.6) is 0 Å². The van der Waals surface area contributed by atoms with Crippen LogP contribution in [0.15, 0.2) is 73.2 Å². The van der Waals surface area contributed by atoms with Gasteiger partial charge in [0, 0.05) is 42.6 Å². The molecule has 4 aromatic rings. The average molecular weight is 505 g/mol. The summed E-state index contributed by atoms with van der Waals surface area (Å²) in [6.45, 7) is 6.47. The lowest BCUT2D eigenvalue weighted by Crippen LogP contribution is -2.36. The number of benzene rings is 2. The number of rotatable bonds is 7.